The van der Waals surface area contributed by atoms with E-state index >= 15 is 0 Å². The van der Waals surface area contributed by atoms with Crippen LogP contribution in [0.3, 0.4) is 0 Å². The van der Waals surface area contributed by atoms with Gasteiger partial charge in [0.2, 0.25) is 0 Å². The van der Waals surface area contributed by atoms with Crippen molar-refractivity contribution in [1.82, 2.24) is 9.88 Å². The van der Waals surface area contributed by atoms with Crippen LogP contribution in [0.1, 0.15) is 48.2 Å². The van der Waals surface area contributed by atoms with Gasteiger partial charge in [-0.2, -0.15) is 0 Å². The van der Waals surface area contributed by atoms with Gasteiger partial charge in [-0.1, -0.05) is 6.08 Å². The van der Waals surface area contributed by atoms with E-state index in [0.29, 0.717) is 11.6 Å². The number of hydrogen-bond donors (Lipinski definition) is 0. The SMILES string of the molecule is O=C(c1csc(-c2ccc3c(c2)CCO3)n1)N1CCCC2CCCC=C21. The molecule has 2 aliphatic heterocycles. The third-order valence-corrected chi connectivity index (χ3v) is 6.57. The summed E-state index contributed by atoms with van der Waals surface area (Å²) in [7, 11) is 0. The smallest absolute Gasteiger partial charge is 0.277 e. The van der Waals surface area contributed by atoms with Crippen molar-refractivity contribution in [3.05, 3.63) is 46.6 Å². The van der Waals surface area contributed by atoms with Crippen molar-refractivity contribution in [2.24, 2.45) is 5.92 Å². The van der Waals surface area contributed by atoms with Crippen LogP contribution in [-0.2, 0) is 6.42 Å². The second-order valence-corrected chi connectivity index (χ2v) is 8.17. The largest absolute Gasteiger partial charge is 0.493 e. The summed E-state index contributed by atoms with van der Waals surface area (Å²) < 4.78 is 5.58. The molecule has 3 aliphatic rings. The zero-order valence-corrected chi connectivity index (χ0v) is 15.6. The fourth-order valence-corrected chi connectivity index (χ4v) is 5.15. The van der Waals surface area contributed by atoms with Gasteiger partial charge < -0.3 is 9.64 Å². The quantitative estimate of drug-likeness (QED) is 0.776. The van der Waals surface area contributed by atoms with E-state index in [2.05, 4.69) is 17.1 Å². The normalized spacial score (nSPS) is 21.6. The zero-order valence-electron chi connectivity index (χ0n) is 14.7. The van der Waals surface area contributed by atoms with Gasteiger partial charge in [0.25, 0.3) is 5.91 Å². The van der Waals surface area contributed by atoms with E-state index in [1.807, 2.05) is 22.4 Å². The number of ether oxygens (including phenoxy) is 1. The molecule has 26 heavy (non-hydrogen) atoms. The fraction of sp³-hybridized carbons (Fsp3) is 0.429. The third kappa shape index (κ3) is 2.75. The van der Waals surface area contributed by atoms with Gasteiger partial charge in [0.15, 0.2) is 0 Å². The Hall–Kier alpha value is -2.14. The predicted octanol–water partition coefficient (Wildman–Crippen LogP) is 4.67. The molecule has 5 rings (SSSR count). The summed E-state index contributed by atoms with van der Waals surface area (Å²) in [5.74, 6) is 1.61. The van der Waals surface area contributed by atoms with Crippen LogP contribution in [0.4, 0.5) is 0 Å². The van der Waals surface area contributed by atoms with Gasteiger partial charge in [-0.3, -0.25) is 4.79 Å². The molecular weight excluding hydrogens is 344 g/mol. The van der Waals surface area contributed by atoms with Crippen LogP contribution in [0, 0.1) is 5.92 Å². The lowest BCUT2D eigenvalue weighted by Crippen LogP contribution is -2.39. The first-order chi connectivity index (χ1) is 12.8. The number of nitrogens with zero attached hydrogens (tertiary/aromatic N) is 2. The van der Waals surface area contributed by atoms with Gasteiger partial charge in [-0.15, -0.1) is 11.3 Å². The second kappa shape index (κ2) is 6.54. The van der Waals surface area contributed by atoms with Crippen LogP contribution in [0.2, 0.25) is 0 Å². The number of amides is 1. The molecule has 1 amide bonds. The van der Waals surface area contributed by atoms with Crippen molar-refractivity contribution >= 4 is 17.2 Å². The molecule has 0 bridgehead atoms. The lowest BCUT2D eigenvalue weighted by atomic mass is 9.85. The number of allylic oxidation sites excluding steroid dienone is 2. The number of benzene rings is 1. The number of hydrogen-bond acceptors (Lipinski definition) is 4. The van der Waals surface area contributed by atoms with Gasteiger partial charge in [0, 0.05) is 29.6 Å². The number of fused-ring (bicyclic) bond motifs is 2. The highest BCUT2D eigenvalue weighted by Gasteiger charge is 2.31. The van der Waals surface area contributed by atoms with E-state index in [0.717, 1.165) is 48.7 Å². The molecule has 4 nitrogen and oxygen atoms in total. The maximum atomic E-state index is 13.1. The zero-order chi connectivity index (χ0) is 17.5. The Balaban J connectivity index is 1.41. The molecule has 134 valence electrons. The van der Waals surface area contributed by atoms with Crippen LogP contribution in [0.15, 0.2) is 35.4 Å². The highest BCUT2D eigenvalue weighted by Crippen LogP contribution is 2.36. The minimum atomic E-state index is 0.0647. The number of aromatic nitrogens is 1. The van der Waals surface area contributed by atoms with Crippen molar-refractivity contribution in [2.45, 2.75) is 38.5 Å². The van der Waals surface area contributed by atoms with Crippen molar-refractivity contribution in [3.8, 4) is 16.3 Å². The van der Waals surface area contributed by atoms with Crippen molar-refractivity contribution in [3.63, 3.8) is 0 Å². The van der Waals surface area contributed by atoms with Gasteiger partial charge in [-0.25, -0.2) is 4.98 Å². The summed E-state index contributed by atoms with van der Waals surface area (Å²) in [6.45, 7) is 1.58. The van der Waals surface area contributed by atoms with E-state index in [1.165, 1.54) is 30.5 Å². The van der Waals surface area contributed by atoms with Crippen LogP contribution in [0.25, 0.3) is 10.6 Å². The first-order valence-corrected chi connectivity index (χ1v) is 10.4. The monoisotopic (exact) mass is 366 g/mol. The van der Waals surface area contributed by atoms with Crippen molar-refractivity contribution in [1.29, 1.82) is 0 Å². The molecule has 0 N–H and O–H groups in total. The summed E-state index contributed by atoms with van der Waals surface area (Å²) in [4.78, 5) is 19.8. The molecule has 1 aromatic heterocycles. The molecular formula is C21H22N2O2S. The molecule has 1 aliphatic carbocycles. The molecule has 0 spiro atoms. The van der Waals surface area contributed by atoms with Crippen molar-refractivity contribution < 1.29 is 9.53 Å². The fourth-order valence-electron chi connectivity index (χ4n) is 4.36. The summed E-state index contributed by atoms with van der Waals surface area (Å²) in [5, 5.41) is 2.82. The first-order valence-electron chi connectivity index (χ1n) is 9.53. The Bertz CT molecular complexity index is 886. The molecule has 0 saturated carbocycles. The molecule has 1 unspecified atom stereocenters. The number of likely N-dealkylation sites (tertiary alicyclic amines) is 1. The van der Waals surface area contributed by atoms with Crippen LogP contribution in [0.5, 0.6) is 5.75 Å². The number of carbonyl (C=O) groups excluding carboxylic acids is 1. The van der Waals surface area contributed by atoms with Crippen LogP contribution >= 0.6 is 11.3 Å². The van der Waals surface area contributed by atoms with Gasteiger partial charge >= 0.3 is 0 Å². The Morgan fingerprint density at radius 2 is 2.19 bits per heavy atom. The molecule has 3 heterocycles. The maximum Gasteiger partial charge on any atom is 0.277 e. The number of rotatable bonds is 2. The van der Waals surface area contributed by atoms with Gasteiger partial charge in [0.05, 0.1) is 6.61 Å². The molecule has 1 saturated heterocycles. The summed E-state index contributed by atoms with van der Waals surface area (Å²) >= 11 is 1.55. The lowest BCUT2D eigenvalue weighted by molar-refractivity contribution is 0.0744. The topological polar surface area (TPSA) is 42.4 Å². The van der Waals surface area contributed by atoms with E-state index < -0.39 is 0 Å². The molecule has 1 fully saturated rings. The molecule has 5 heteroatoms. The van der Waals surface area contributed by atoms with E-state index in [4.69, 9.17) is 4.74 Å². The average molecular weight is 366 g/mol. The minimum Gasteiger partial charge on any atom is -0.493 e. The van der Waals surface area contributed by atoms with E-state index in [9.17, 15) is 4.79 Å². The van der Waals surface area contributed by atoms with Crippen molar-refractivity contribution in [2.75, 3.05) is 13.2 Å². The molecule has 0 radical (unpaired) electrons. The summed E-state index contributed by atoms with van der Waals surface area (Å²) in [6.07, 6.45) is 9.09. The molecule has 1 atom stereocenters. The predicted molar refractivity (Wildman–Crippen MR) is 102 cm³/mol. The van der Waals surface area contributed by atoms with Crippen LogP contribution in [-0.4, -0.2) is 28.9 Å². The Morgan fingerprint density at radius 3 is 3.15 bits per heavy atom. The number of carbonyl (C=O) groups is 1. The second-order valence-electron chi connectivity index (χ2n) is 7.31. The molecule has 2 aromatic rings. The third-order valence-electron chi connectivity index (χ3n) is 5.68. The molecule has 1 aromatic carbocycles. The minimum absolute atomic E-state index is 0.0647. The summed E-state index contributed by atoms with van der Waals surface area (Å²) in [5.41, 5.74) is 4.13. The van der Waals surface area contributed by atoms with Gasteiger partial charge in [0.1, 0.15) is 16.5 Å². The number of piperidine rings is 1. The van der Waals surface area contributed by atoms with Crippen LogP contribution < -0.4 is 4.74 Å². The Labute approximate surface area is 157 Å². The highest BCUT2D eigenvalue weighted by atomic mass is 32.1. The Morgan fingerprint density at radius 1 is 1.27 bits per heavy atom. The summed E-state index contributed by atoms with van der Waals surface area (Å²) in [6, 6.07) is 6.20. The number of thiazole rings is 1. The standard InChI is InChI=1S/C21H22N2O2S/c24-21(23-10-3-5-14-4-1-2-6-18(14)23)17-13-26-20(22-17)16-7-8-19-15(12-16)9-11-25-19/h6-8,12-14H,1-5,9-11H2. The average Bonchev–Trinajstić information content (AvgIpc) is 3.35. The van der Waals surface area contributed by atoms with E-state index in [1.54, 1.807) is 11.3 Å². The van der Waals surface area contributed by atoms with Gasteiger partial charge in [-0.05, 0) is 61.8 Å². The van der Waals surface area contributed by atoms with E-state index in [-0.39, 0.29) is 5.91 Å². The highest BCUT2D eigenvalue weighted by molar-refractivity contribution is 7.13. The lowest BCUT2D eigenvalue weighted by Gasteiger charge is -2.37. The first kappa shape index (κ1) is 16.1. The maximum absolute atomic E-state index is 13.1. The Kier molecular flexibility index (Phi) is 4.04.